The molecule has 4 rings (SSSR count). The highest BCUT2D eigenvalue weighted by atomic mass is 16.5. The first kappa shape index (κ1) is 11.9. The number of hydrogen-bond donors (Lipinski definition) is 2. The van der Waals surface area contributed by atoms with Crippen molar-refractivity contribution in [1.82, 2.24) is 4.57 Å². The summed E-state index contributed by atoms with van der Waals surface area (Å²) in [7, 11) is 0. The maximum absolute atomic E-state index is 10.5. The maximum atomic E-state index is 10.5. The Morgan fingerprint density at radius 2 is 1.60 bits per heavy atom. The smallest absolute Gasteiger partial charge is 0.200 e. The third-order valence-corrected chi connectivity index (χ3v) is 4.56. The van der Waals surface area contributed by atoms with Crippen molar-refractivity contribution < 1.29 is 14.9 Å². The molecule has 0 aliphatic carbocycles. The van der Waals surface area contributed by atoms with Crippen LogP contribution in [0.3, 0.4) is 0 Å². The van der Waals surface area contributed by atoms with E-state index in [0.29, 0.717) is 0 Å². The molecule has 1 aromatic heterocycles. The van der Waals surface area contributed by atoms with Crippen LogP contribution in [-0.2, 0) is 4.74 Å². The summed E-state index contributed by atoms with van der Waals surface area (Å²) in [5.41, 5.74) is 2.64. The van der Waals surface area contributed by atoms with Crippen LogP contribution < -0.4 is 0 Å². The van der Waals surface area contributed by atoms with Gasteiger partial charge in [-0.25, -0.2) is 0 Å². The fourth-order valence-corrected chi connectivity index (χ4v) is 3.54. The normalized spacial score (nSPS) is 24.9. The second kappa shape index (κ2) is 4.03. The first-order valence-corrected chi connectivity index (χ1v) is 7.04. The highest BCUT2D eigenvalue weighted by Crippen LogP contribution is 2.58. The molecule has 4 nitrogen and oxygen atoms in total. The molecule has 2 N–H and O–H groups in total. The second-order valence-corrected chi connectivity index (χ2v) is 5.62. The molecule has 1 saturated heterocycles. The standard InChI is InChI=1S/C16H17NO3/c1-9(10-5-3-2-4-6-10)17-15(18)13-11-7-8-12(20-11)14(13)16(17)19/h2-6,9,11-12,18-19H,7-8H2,1H3/t9-,11-,12+/m1/s1. The second-order valence-electron chi connectivity index (χ2n) is 5.62. The fourth-order valence-electron chi connectivity index (χ4n) is 3.54. The molecular formula is C16H17NO3. The molecule has 0 spiro atoms. The van der Waals surface area contributed by atoms with E-state index in [-0.39, 0.29) is 30.0 Å². The van der Waals surface area contributed by atoms with E-state index < -0.39 is 0 Å². The van der Waals surface area contributed by atoms with Gasteiger partial charge in [0.25, 0.3) is 0 Å². The Balaban J connectivity index is 1.85. The van der Waals surface area contributed by atoms with Crippen molar-refractivity contribution in [2.24, 2.45) is 0 Å². The van der Waals surface area contributed by atoms with Crippen LogP contribution in [0.15, 0.2) is 30.3 Å². The molecule has 104 valence electrons. The van der Waals surface area contributed by atoms with Crippen LogP contribution in [0.1, 0.15) is 54.7 Å². The first-order valence-electron chi connectivity index (χ1n) is 7.04. The van der Waals surface area contributed by atoms with Gasteiger partial charge in [0.05, 0.1) is 29.4 Å². The predicted octanol–water partition coefficient (Wildman–Crippen LogP) is 3.41. The SMILES string of the molecule is C[C@H](c1ccccc1)n1c(O)c2c(c1O)[C@H]1CC[C@@H]2O1. The molecule has 2 aliphatic rings. The van der Waals surface area contributed by atoms with Crippen LogP contribution in [0, 0.1) is 0 Å². The summed E-state index contributed by atoms with van der Waals surface area (Å²) in [6, 6.07) is 9.77. The van der Waals surface area contributed by atoms with E-state index in [9.17, 15) is 10.2 Å². The zero-order valence-electron chi connectivity index (χ0n) is 11.3. The molecule has 20 heavy (non-hydrogen) atoms. The fraction of sp³-hybridized carbons (Fsp3) is 0.375. The van der Waals surface area contributed by atoms with Gasteiger partial charge in [-0.3, -0.25) is 4.57 Å². The lowest BCUT2D eigenvalue weighted by molar-refractivity contribution is 0.0676. The summed E-state index contributed by atoms with van der Waals surface area (Å²) in [5.74, 6) is 0.308. The van der Waals surface area contributed by atoms with Crippen LogP contribution in [0.5, 0.6) is 11.8 Å². The van der Waals surface area contributed by atoms with Crippen molar-refractivity contribution in [3.8, 4) is 11.8 Å². The first-order chi connectivity index (χ1) is 9.68. The summed E-state index contributed by atoms with van der Waals surface area (Å²) in [6.07, 6.45) is 1.75. The van der Waals surface area contributed by atoms with Crippen molar-refractivity contribution >= 4 is 0 Å². The van der Waals surface area contributed by atoms with Gasteiger partial charge in [-0.1, -0.05) is 30.3 Å². The number of aromatic nitrogens is 1. The maximum Gasteiger partial charge on any atom is 0.200 e. The van der Waals surface area contributed by atoms with Crippen LogP contribution >= 0.6 is 0 Å². The topological polar surface area (TPSA) is 54.6 Å². The molecule has 3 atom stereocenters. The van der Waals surface area contributed by atoms with Crippen LogP contribution in [0.25, 0.3) is 0 Å². The lowest BCUT2D eigenvalue weighted by atomic mass is 9.95. The quantitative estimate of drug-likeness (QED) is 0.880. The molecule has 0 amide bonds. The van der Waals surface area contributed by atoms with Gasteiger partial charge >= 0.3 is 0 Å². The summed E-state index contributed by atoms with van der Waals surface area (Å²) in [4.78, 5) is 0. The van der Waals surface area contributed by atoms with E-state index in [4.69, 9.17) is 4.74 Å². The minimum atomic E-state index is -0.110. The minimum Gasteiger partial charge on any atom is -0.494 e. The van der Waals surface area contributed by atoms with Crippen molar-refractivity contribution in [2.45, 2.75) is 38.0 Å². The molecule has 2 aliphatic heterocycles. The number of ether oxygens (including phenoxy) is 1. The number of hydrogen-bond acceptors (Lipinski definition) is 3. The van der Waals surface area contributed by atoms with Crippen LogP contribution in [0.2, 0.25) is 0 Å². The highest BCUT2D eigenvalue weighted by molar-refractivity contribution is 5.53. The Bertz CT molecular complexity index is 629. The summed E-state index contributed by atoms with van der Waals surface area (Å²) < 4.78 is 7.37. The van der Waals surface area contributed by atoms with Crippen LogP contribution in [0.4, 0.5) is 0 Å². The molecule has 1 fully saturated rings. The third kappa shape index (κ3) is 1.40. The molecule has 0 unspecified atom stereocenters. The summed E-state index contributed by atoms with van der Waals surface area (Å²) in [5, 5.41) is 21.0. The van der Waals surface area contributed by atoms with Gasteiger partial charge in [0.2, 0.25) is 11.8 Å². The molecule has 0 saturated carbocycles. The number of rotatable bonds is 2. The monoisotopic (exact) mass is 271 g/mol. The average Bonchev–Trinajstić information content (AvgIpc) is 3.14. The Morgan fingerprint density at radius 1 is 1.05 bits per heavy atom. The minimum absolute atomic E-state index is 0.0508. The third-order valence-electron chi connectivity index (χ3n) is 4.56. The van der Waals surface area contributed by atoms with E-state index >= 15 is 0 Å². The number of nitrogens with zero attached hydrogens (tertiary/aromatic N) is 1. The van der Waals surface area contributed by atoms with Crippen molar-refractivity contribution in [2.75, 3.05) is 0 Å². The molecule has 1 aromatic carbocycles. The average molecular weight is 271 g/mol. The Labute approximate surface area is 117 Å². The van der Waals surface area contributed by atoms with E-state index in [0.717, 1.165) is 29.5 Å². The molecule has 2 aromatic rings. The van der Waals surface area contributed by atoms with Gasteiger partial charge in [0.15, 0.2) is 0 Å². The highest BCUT2D eigenvalue weighted by Gasteiger charge is 2.45. The van der Waals surface area contributed by atoms with Gasteiger partial charge in [0.1, 0.15) is 0 Å². The van der Waals surface area contributed by atoms with E-state index in [1.807, 2.05) is 37.3 Å². The van der Waals surface area contributed by atoms with E-state index in [1.165, 1.54) is 0 Å². The number of fused-ring (bicyclic) bond motifs is 5. The van der Waals surface area contributed by atoms with Gasteiger partial charge < -0.3 is 14.9 Å². The largest absolute Gasteiger partial charge is 0.494 e. The number of aromatic hydroxyl groups is 2. The summed E-state index contributed by atoms with van der Waals surface area (Å²) in [6.45, 7) is 1.98. The molecule has 4 heteroatoms. The zero-order chi connectivity index (χ0) is 13.9. The molecular weight excluding hydrogens is 254 g/mol. The van der Waals surface area contributed by atoms with Crippen molar-refractivity contribution in [3.05, 3.63) is 47.0 Å². The van der Waals surface area contributed by atoms with Gasteiger partial charge in [-0.05, 0) is 25.3 Å². The van der Waals surface area contributed by atoms with Crippen molar-refractivity contribution in [3.63, 3.8) is 0 Å². The van der Waals surface area contributed by atoms with Gasteiger partial charge in [-0.2, -0.15) is 0 Å². The van der Waals surface area contributed by atoms with Crippen LogP contribution in [-0.4, -0.2) is 14.8 Å². The molecule has 3 heterocycles. The molecule has 2 bridgehead atoms. The summed E-state index contributed by atoms with van der Waals surface area (Å²) >= 11 is 0. The zero-order valence-corrected chi connectivity index (χ0v) is 11.3. The lowest BCUT2D eigenvalue weighted by Crippen LogP contribution is -2.06. The van der Waals surface area contributed by atoms with Gasteiger partial charge in [-0.15, -0.1) is 0 Å². The van der Waals surface area contributed by atoms with E-state index in [2.05, 4.69) is 0 Å². The Morgan fingerprint density at radius 3 is 2.15 bits per heavy atom. The van der Waals surface area contributed by atoms with Gasteiger partial charge in [0, 0.05) is 0 Å². The number of benzene rings is 1. The predicted molar refractivity (Wildman–Crippen MR) is 73.8 cm³/mol. The van der Waals surface area contributed by atoms with E-state index in [1.54, 1.807) is 4.57 Å². The lowest BCUT2D eigenvalue weighted by Gasteiger charge is -2.18. The molecule has 0 radical (unpaired) electrons. The Kier molecular flexibility index (Phi) is 2.39. The van der Waals surface area contributed by atoms with Crippen molar-refractivity contribution in [1.29, 1.82) is 0 Å². The Hall–Kier alpha value is -1.94.